The zero-order chi connectivity index (χ0) is 14.8. The molecule has 1 aliphatic rings. The third-order valence-corrected chi connectivity index (χ3v) is 4.78. The summed E-state index contributed by atoms with van der Waals surface area (Å²) in [5, 5.41) is 6.93. The highest BCUT2D eigenvalue weighted by molar-refractivity contribution is 9.10. The summed E-state index contributed by atoms with van der Waals surface area (Å²) in [4.78, 5) is 12.2. The molecule has 1 heterocycles. The Morgan fingerprint density at radius 2 is 2.30 bits per heavy atom. The molecule has 2 rings (SSSR count). The monoisotopic (exact) mass is 358 g/mol. The van der Waals surface area contributed by atoms with Crippen molar-refractivity contribution in [1.29, 1.82) is 0 Å². The second-order valence-corrected chi connectivity index (χ2v) is 7.26. The Morgan fingerprint density at radius 3 is 2.95 bits per heavy atom. The zero-order valence-corrected chi connectivity index (χ0v) is 14.1. The highest BCUT2D eigenvalue weighted by atomic mass is 79.9. The maximum absolute atomic E-state index is 12.2. The molecule has 1 aromatic carbocycles. The van der Waals surface area contributed by atoms with E-state index in [2.05, 4.69) is 40.4 Å². The number of benzene rings is 1. The number of nitrogens with one attached hydrogen (secondary N) is 2. The molecule has 0 radical (unpaired) electrons. The number of hydrogen-bond donors (Lipinski definition) is 2. The number of piperidine rings is 1. The molecule has 110 valence electrons. The summed E-state index contributed by atoms with van der Waals surface area (Å²) in [6, 6.07) is 5.60. The van der Waals surface area contributed by atoms with E-state index in [1.54, 1.807) is 12.1 Å². The van der Waals surface area contributed by atoms with Crippen molar-refractivity contribution in [2.45, 2.75) is 32.7 Å². The Hall–Kier alpha value is -0.580. The minimum absolute atomic E-state index is 0.120. The maximum Gasteiger partial charge on any atom is 0.252 e. The van der Waals surface area contributed by atoms with Gasteiger partial charge in [-0.15, -0.1) is 0 Å². The Bertz CT molecular complexity index is 505. The molecular weight excluding hydrogens is 340 g/mol. The van der Waals surface area contributed by atoms with Crippen LogP contribution in [0.1, 0.15) is 37.0 Å². The standard InChI is InChI=1S/C15H20BrClN2O/c1-15(2)6-3-7-18-13(15)9-19-14(20)11-5-4-10(16)8-12(11)17/h4-5,8,13,18H,3,6-7,9H2,1-2H3,(H,19,20). The fraction of sp³-hybridized carbons (Fsp3) is 0.533. The predicted octanol–water partition coefficient (Wildman–Crippen LogP) is 3.61. The minimum Gasteiger partial charge on any atom is -0.350 e. The zero-order valence-electron chi connectivity index (χ0n) is 11.8. The fourth-order valence-electron chi connectivity index (χ4n) is 2.58. The van der Waals surface area contributed by atoms with Crippen LogP contribution in [-0.2, 0) is 0 Å². The van der Waals surface area contributed by atoms with E-state index in [1.807, 2.05) is 6.07 Å². The van der Waals surface area contributed by atoms with Gasteiger partial charge in [-0.3, -0.25) is 4.79 Å². The Balaban J connectivity index is 1.98. The van der Waals surface area contributed by atoms with Gasteiger partial charge < -0.3 is 10.6 Å². The molecule has 3 nitrogen and oxygen atoms in total. The van der Waals surface area contributed by atoms with Crippen LogP contribution in [0.2, 0.25) is 5.02 Å². The lowest BCUT2D eigenvalue weighted by molar-refractivity contribution is 0.0929. The van der Waals surface area contributed by atoms with Crippen molar-refractivity contribution in [2.75, 3.05) is 13.1 Å². The van der Waals surface area contributed by atoms with E-state index in [0.29, 0.717) is 23.2 Å². The van der Waals surface area contributed by atoms with E-state index in [4.69, 9.17) is 11.6 Å². The van der Waals surface area contributed by atoms with Crippen LogP contribution in [0.3, 0.4) is 0 Å². The van der Waals surface area contributed by atoms with Crippen LogP contribution in [0.4, 0.5) is 0 Å². The normalized spacial score (nSPS) is 21.5. The smallest absolute Gasteiger partial charge is 0.252 e. The molecule has 1 atom stereocenters. The summed E-state index contributed by atoms with van der Waals surface area (Å²) in [6.45, 7) is 6.12. The Kier molecular flexibility index (Phi) is 5.10. The second kappa shape index (κ2) is 6.46. The first kappa shape index (κ1) is 15.8. The van der Waals surface area contributed by atoms with E-state index in [9.17, 15) is 4.79 Å². The quantitative estimate of drug-likeness (QED) is 0.865. The molecule has 1 saturated heterocycles. The molecule has 1 aliphatic heterocycles. The van der Waals surface area contributed by atoms with Crippen molar-refractivity contribution < 1.29 is 4.79 Å². The van der Waals surface area contributed by atoms with Crippen LogP contribution in [0.25, 0.3) is 0 Å². The number of halogens is 2. The van der Waals surface area contributed by atoms with Crippen molar-refractivity contribution in [3.63, 3.8) is 0 Å². The maximum atomic E-state index is 12.2. The van der Waals surface area contributed by atoms with Crippen molar-refractivity contribution in [1.82, 2.24) is 10.6 Å². The molecule has 2 N–H and O–H groups in total. The van der Waals surface area contributed by atoms with Crippen LogP contribution in [0, 0.1) is 5.41 Å². The molecule has 5 heteroatoms. The molecule has 1 unspecified atom stereocenters. The summed E-state index contributed by atoms with van der Waals surface area (Å²) in [7, 11) is 0. The van der Waals surface area contributed by atoms with E-state index in [1.165, 1.54) is 12.8 Å². The molecule has 1 amide bonds. The van der Waals surface area contributed by atoms with E-state index < -0.39 is 0 Å². The van der Waals surface area contributed by atoms with Gasteiger partial charge in [0.15, 0.2) is 0 Å². The molecule has 0 aliphatic carbocycles. The number of amides is 1. The highest BCUT2D eigenvalue weighted by Gasteiger charge is 2.32. The summed E-state index contributed by atoms with van der Waals surface area (Å²) in [5.41, 5.74) is 0.721. The summed E-state index contributed by atoms with van der Waals surface area (Å²) in [5.74, 6) is -0.120. The largest absolute Gasteiger partial charge is 0.350 e. The van der Waals surface area contributed by atoms with Crippen molar-refractivity contribution >= 4 is 33.4 Å². The first-order valence-corrected chi connectivity index (χ1v) is 8.04. The molecule has 20 heavy (non-hydrogen) atoms. The van der Waals surface area contributed by atoms with E-state index in [0.717, 1.165) is 11.0 Å². The molecule has 0 saturated carbocycles. The van der Waals surface area contributed by atoms with Gasteiger partial charge >= 0.3 is 0 Å². The van der Waals surface area contributed by atoms with Gasteiger partial charge in [0.25, 0.3) is 5.91 Å². The van der Waals surface area contributed by atoms with Crippen LogP contribution >= 0.6 is 27.5 Å². The van der Waals surface area contributed by atoms with Gasteiger partial charge in [-0.05, 0) is 43.0 Å². The lowest BCUT2D eigenvalue weighted by Crippen LogP contribution is -2.52. The highest BCUT2D eigenvalue weighted by Crippen LogP contribution is 2.29. The van der Waals surface area contributed by atoms with Gasteiger partial charge in [0, 0.05) is 17.1 Å². The van der Waals surface area contributed by atoms with Gasteiger partial charge in [-0.25, -0.2) is 0 Å². The summed E-state index contributed by atoms with van der Waals surface area (Å²) < 4.78 is 0.870. The topological polar surface area (TPSA) is 41.1 Å². The number of carbonyl (C=O) groups is 1. The lowest BCUT2D eigenvalue weighted by atomic mass is 9.77. The Morgan fingerprint density at radius 1 is 1.55 bits per heavy atom. The third kappa shape index (κ3) is 3.74. The van der Waals surface area contributed by atoms with E-state index >= 15 is 0 Å². The van der Waals surface area contributed by atoms with Crippen LogP contribution in [-0.4, -0.2) is 25.0 Å². The summed E-state index contributed by atoms with van der Waals surface area (Å²) >= 11 is 9.43. The molecule has 1 fully saturated rings. The van der Waals surface area contributed by atoms with Gasteiger partial charge in [0.2, 0.25) is 0 Å². The second-order valence-electron chi connectivity index (χ2n) is 5.93. The Labute approximate surface area is 133 Å². The average molecular weight is 360 g/mol. The van der Waals surface area contributed by atoms with Crippen molar-refractivity contribution in [3.05, 3.63) is 33.3 Å². The van der Waals surface area contributed by atoms with Gasteiger partial charge in [0.05, 0.1) is 10.6 Å². The van der Waals surface area contributed by atoms with Crippen molar-refractivity contribution in [2.24, 2.45) is 5.41 Å². The molecule has 0 spiro atoms. The first-order valence-electron chi connectivity index (χ1n) is 6.87. The van der Waals surface area contributed by atoms with Gasteiger partial charge in [0.1, 0.15) is 0 Å². The number of hydrogen-bond acceptors (Lipinski definition) is 2. The van der Waals surface area contributed by atoms with Crippen LogP contribution < -0.4 is 10.6 Å². The SMILES string of the molecule is CC1(C)CCCNC1CNC(=O)c1ccc(Br)cc1Cl. The first-order chi connectivity index (χ1) is 9.40. The molecule has 0 bridgehead atoms. The van der Waals surface area contributed by atoms with Gasteiger partial charge in [-0.2, -0.15) is 0 Å². The number of rotatable bonds is 3. The molecular formula is C15H20BrClN2O. The number of carbonyl (C=O) groups excluding carboxylic acids is 1. The van der Waals surface area contributed by atoms with Crippen LogP contribution in [0.5, 0.6) is 0 Å². The lowest BCUT2D eigenvalue weighted by Gasteiger charge is -2.39. The van der Waals surface area contributed by atoms with Gasteiger partial charge in [-0.1, -0.05) is 41.4 Å². The molecule has 0 aromatic heterocycles. The van der Waals surface area contributed by atoms with Crippen LogP contribution in [0.15, 0.2) is 22.7 Å². The molecule has 1 aromatic rings. The summed E-state index contributed by atoms with van der Waals surface area (Å²) in [6.07, 6.45) is 2.37. The predicted molar refractivity (Wildman–Crippen MR) is 86.3 cm³/mol. The third-order valence-electron chi connectivity index (χ3n) is 3.97. The average Bonchev–Trinajstić information content (AvgIpc) is 2.36. The van der Waals surface area contributed by atoms with E-state index in [-0.39, 0.29) is 11.3 Å². The minimum atomic E-state index is -0.120. The van der Waals surface area contributed by atoms with Crippen molar-refractivity contribution in [3.8, 4) is 0 Å². The fourth-order valence-corrected chi connectivity index (χ4v) is 3.34.